The average molecular weight is 987 g/mol. The minimum atomic E-state index is -1.57. The van der Waals surface area contributed by atoms with Crippen molar-refractivity contribution in [2.75, 3.05) is 13.2 Å². The van der Waals surface area contributed by atoms with E-state index in [4.69, 9.17) is 47.4 Å². The van der Waals surface area contributed by atoms with Crippen LogP contribution in [-0.2, 0) is 87.0 Å². The molecule has 0 saturated carbocycles. The Bertz CT molecular complexity index is 2630. The van der Waals surface area contributed by atoms with E-state index in [2.05, 4.69) is 0 Å². The van der Waals surface area contributed by atoms with Gasteiger partial charge in [0.2, 0.25) is 0 Å². The fourth-order valence-electron chi connectivity index (χ4n) is 8.92. The van der Waals surface area contributed by atoms with Crippen molar-refractivity contribution in [2.45, 2.75) is 101 Å². The van der Waals surface area contributed by atoms with Crippen molar-refractivity contribution >= 4 is 5.97 Å². The van der Waals surface area contributed by atoms with Crippen LogP contribution in [0.5, 0.6) is 0 Å². The molecule has 7 aromatic rings. The fourth-order valence-corrected chi connectivity index (χ4v) is 8.92. The first-order valence-electron chi connectivity index (χ1n) is 24.8. The highest BCUT2D eigenvalue weighted by Crippen LogP contribution is 2.36. The van der Waals surface area contributed by atoms with Crippen LogP contribution in [0.2, 0.25) is 0 Å². The number of ether oxygens (including phenoxy) is 10. The number of benzene rings is 7. The van der Waals surface area contributed by atoms with Gasteiger partial charge in [0, 0.05) is 0 Å². The van der Waals surface area contributed by atoms with Crippen LogP contribution in [0.25, 0.3) is 0 Å². The highest BCUT2D eigenvalue weighted by Gasteiger charge is 2.55. The Kier molecular flexibility index (Phi) is 19.1. The molecule has 2 saturated heterocycles. The van der Waals surface area contributed by atoms with E-state index in [-0.39, 0.29) is 46.2 Å². The summed E-state index contributed by atoms with van der Waals surface area (Å²) >= 11 is 0. The standard InChI is InChI=1S/C61H62O12/c62-59(50-34-20-7-21-35-50)72-56-54(52(43-65-37-45-24-10-2-11-25-45)70-60(63)57(56)68-40-48-30-16-5-17-31-48)73-61-58(69-41-49-32-18-6-19-33-49)55(67-39-47-28-14-4-15-29-47)53(66-38-46-26-12-3-13-27-46)51(71-61)42-64-36-44-22-8-1-9-23-44/h1-35,51-58,60-61,63H,36-43H2/t51-,52-,53+,54+,55+,56+,57-,58-,60-,61-/m1/s1. The maximum Gasteiger partial charge on any atom is 0.338 e. The van der Waals surface area contributed by atoms with Gasteiger partial charge in [-0.3, -0.25) is 0 Å². The molecule has 0 spiro atoms. The molecule has 0 bridgehead atoms. The number of rotatable bonds is 24. The molecule has 1 N–H and O–H groups in total. The van der Waals surface area contributed by atoms with E-state index in [9.17, 15) is 9.90 Å². The number of esters is 1. The van der Waals surface area contributed by atoms with Gasteiger partial charge in [-0.1, -0.05) is 200 Å². The molecule has 2 aliphatic rings. The first kappa shape index (κ1) is 51.5. The van der Waals surface area contributed by atoms with Crippen LogP contribution < -0.4 is 0 Å². The summed E-state index contributed by atoms with van der Waals surface area (Å²) in [5.74, 6) is -0.655. The smallest absolute Gasteiger partial charge is 0.338 e. The van der Waals surface area contributed by atoms with E-state index in [0.29, 0.717) is 12.2 Å². The van der Waals surface area contributed by atoms with Gasteiger partial charge in [-0.15, -0.1) is 0 Å². The molecule has 10 atom stereocenters. The SMILES string of the molecule is O=C(O[C@@H]1[C@@H](OCc2ccccc2)[C@H](O)O[C@H](COCc2ccccc2)[C@@H]1O[C@H]1O[C@H](COCc2ccccc2)[C@H](OCc2ccccc2)[C@H](OCc2ccccc2)[C@H]1OCc1ccccc1)c1ccccc1. The molecule has 2 fully saturated rings. The zero-order valence-electron chi connectivity index (χ0n) is 40.6. The lowest BCUT2D eigenvalue weighted by atomic mass is 9.95. The zero-order valence-corrected chi connectivity index (χ0v) is 40.6. The summed E-state index contributed by atoms with van der Waals surface area (Å²) < 4.78 is 67.7. The number of aliphatic hydroxyl groups excluding tert-OH is 1. The molecular weight excluding hydrogens is 925 g/mol. The third-order valence-electron chi connectivity index (χ3n) is 12.7. The van der Waals surface area contributed by atoms with Gasteiger partial charge in [-0.05, 0) is 45.5 Å². The Balaban J connectivity index is 1.11. The van der Waals surface area contributed by atoms with Crippen molar-refractivity contribution in [2.24, 2.45) is 0 Å². The van der Waals surface area contributed by atoms with Crippen molar-refractivity contribution in [3.8, 4) is 0 Å². The lowest BCUT2D eigenvalue weighted by Gasteiger charge is -2.49. The van der Waals surface area contributed by atoms with Gasteiger partial charge in [0.25, 0.3) is 0 Å². The molecule has 73 heavy (non-hydrogen) atoms. The average Bonchev–Trinajstić information content (AvgIpc) is 3.44. The van der Waals surface area contributed by atoms with Gasteiger partial charge in [-0.25, -0.2) is 4.79 Å². The zero-order chi connectivity index (χ0) is 49.9. The highest BCUT2D eigenvalue weighted by molar-refractivity contribution is 5.89. The van der Waals surface area contributed by atoms with Crippen LogP contribution in [0.4, 0.5) is 0 Å². The largest absolute Gasteiger partial charge is 0.453 e. The molecule has 0 radical (unpaired) electrons. The molecule has 2 heterocycles. The third-order valence-corrected chi connectivity index (χ3v) is 12.7. The normalized spacial score (nSPS) is 23.9. The second-order valence-corrected chi connectivity index (χ2v) is 18.0. The minimum absolute atomic E-state index is 0.0621. The van der Waals surface area contributed by atoms with E-state index in [0.717, 1.165) is 33.4 Å². The molecule has 0 aromatic heterocycles. The van der Waals surface area contributed by atoms with Gasteiger partial charge in [0.1, 0.15) is 42.7 Å². The molecule has 0 aliphatic carbocycles. The summed E-state index contributed by atoms with van der Waals surface area (Å²) in [5, 5.41) is 12.0. The molecule has 7 aromatic carbocycles. The van der Waals surface area contributed by atoms with Crippen LogP contribution in [0, 0.1) is 0 Å². The van der Waals surface area contributed by atoms with E-state index in [1.165, 1.54) is 0 Å². The number of aliphatic hydroxyl groups is 1. The number of carbonyl (C=O) groups is 1. The molecule has 378 valence electrons. The molecule has 12 nitrogen and oxygen atoms in total. The van der Waals surface area contributed by atoms with Crippen molar-refractivity contribution in [1.29, 1.82) is 0 Å². The Hall–Kier alpha value is -6.39. The maximum atomic E-state index is 14.3. The summed E-state index contributed by atoms with van der Waals surface area (Å²) in [4.78, 5) is 14.3. The monoisotopic (exact) mass is 986 g/mol. The molecule has 0 unspecified atom stereocenters. The lowest BCUT2D eigenvalue weighted by Crippen LogP contribution is -2.66. The summed E-state index contributed by atoms with van der Waals surface area (Å²) in [6.07, 6.45) is -11.0. The maximum absolute atomic E-state index is 14.3. The van der Waals surface area contributed by atoms with E-state index in [1.54, 1.807) is 24.3 Å². The van der Waals surface area contributed by atoms with Gasteiger partial charge < -0.3 is 52.5 Å². The number of hydrogen-bond acceptors (Lipinski definition) is 12. The van der Waals surface area contributed by atoms with Crippen LogP contribution in [0.15, 0.2) is 212 Å². The van der Waals surface area contributed by atoms with E-state index in [1.807, 2.05) is 188 Å². The first-order valence-corrected chi connectivity index (χ1v) is 24.8. The molecule has 0 amide bonds. The fraction of sp³-hybridized carbons (Fsp3) is 0.295. The summed E-state index contributed by atoms with van der Waals surface area (Å²) in [6.45, 7) is 1.17. The summed E-state index contributed by atoms with van der Waals surface area (Å²) in [6, 6.07) is 67.4. The first-order chi connectivity index (χ1) is 36.0. The van der Waals surface area contributed by atoms with Gasteiger partial charge in [0.15, 0.2) is 18.7 Å². The van der Waals surface area contributed by atoms with Crippen LogP contribution >= 0.6 is 0 Å². The molecule has 9 rings (SSSR count). The second-order valence-electron chi connectivity index (χ2n) is 18.0. The van der Waals surface area contributed by atoms with Crippen molar-refractivity contribution in [3.05, 3.63) is 251 Å². The quantitative estimate of drug-likeness (QED) is 0.0579. The van der Waals surface area contributed by atoms with E-state index >= 15 is 0 Å². The third kappa shape index (κ3) is 14.9. The summed E-state index contributed by atoms with van der Waals surface area (Å²) in [7, 11) is 0. The van der Waals surface area contributed by atoms with Crippen molar-refractivity contribution in [1.82, 2.24) is 0 Å². The van der Waals surface area contributed by atoms with Crippen molar-refractivity contribution < 1.29 is 57.3 Å². The summed E-state index contributed by atoms with van der Waals surface area (Å²) in [5.41, 5.74) is 5.82. The van der Waals surface area contributed by atoms with Gasteiger partial charge >= 0.3 is 5.97 Å². The highest BCUT2D eigenvalue weighted by atomic mass is 16.8. The molecule has 12 heteroatoms. The van der Waals surface area contributed by atoms with Gasteiger partial charge in [0.05, 0.1) is 58.4 Å². The molecule has 2 aliphatic heterocycles. The number of carbonyl (C=O) groups excluding carboxylic acids is 1. The van der Waals surface area contributed by atoms with Crippen LogP contribution in [-0.4, -0.2) is 85.7 Å². The predicted molar refractivity (Wildman–Crippen MR) is 272 cm³/mol. The molecular formula is C61H62O12. The second kappa shape index (κ2) is 27.1. The predicted octanol–water partition coefficient (Wildman–Crippen LogP) is 9.81. The topological polar surface area (TPSA) is 130 Å². The Morgan fingerprint density at radius 3 is 1.14 bits per heavy atom. The Morgan fingerprint density at radius 1 is 0.370 bits per heavy atom. The lowest BCUT2D eigenvalue weighted by molar-refractivity contribution is -0.370. The van der Waals surface area contributed by atoms with Crippen LogP contribution in [0.1, 0.15) is 43.7 Å². The minimum Gasteiger partial charge on any atom is -0.453 e. The number of hydrogen-bond donors (Lipinski definition) is 1. The van der Waals surface area contributed by atoms with E-state index < -0.39 is 67.4 Å². The van der Waals surface area contributed by atoms with Crippen molar-refractivity contribution in [3.63, 3.8) is 0 Å². The Morgan fingerprint density at radius 2 is 0.712 bits per heavy atom. The Labute approximate surface area is 427 Å². The van der Waals surface area contributed by atoms with Crippen LogP contribution in [0.3, 0.4) is 0 Å². The van der Waals surface area contributed by atoms with Gasteiger partial charge in [-0.2, -0.15) is 0 Å².